The summed E-state index contributed by atoms with van der Waals surface area (Å²) < 4.78 is 10.2. The molecule has 0 aliphatic heterocycles. The van der Waals surface area contributed by atoms with Crippen LogP contribution in [0.4, 0.5) is 5.69 Å². The SMILES string of the molecule is CC#CCOc1cc([N+](=O)[O-])c(C=O)cc1OC. The fourth-order valence-corrected chi connectivity index (χ4v) is 1.28. The van der Waals surface area contributed by atoms with Crippen LogP contribution in [0.25, 0.3) is 0 Å². The van der Waals surface area contributed by atoms with Gasteiger partial charge in [0, 0.05) is 6.07 Å². The summed E-state index contributed by atoms with van der Waals surface area (Å²) in [7, 11) is 1.38. The monoisotopic (exact) mass is 249 g/mol. The van der Waals surface area contributed by atoms with E-state index in [1.54, 1.807) is 6.92 Å². The fraction of sp³-hybridized carbons (Fsp3) is 0.250. The Morgan fingerprint density at radius 2 is 2.17 bits per heavy atom. The third kappa shape index (κ3) is 2.98. The highest BCUT2D eigenvalue weighted by molar-refractivity contribution is 5.83. The van der Waals surface area contributed by atoms with E-state index in [1.165, 1.54) is 13.2 Å². The van der Waals surface area contributed by atoms with Crippen molar-refractivity contribution in [2.45, 2.75) is 6.92 Å². The summed E-state index contributed by atoms with van der Waals surface area (Å²) in [5, 5.41) is 10.8. The van der Waals surface area contributed by atoms with Gasteiger partial charge < -0.3 is 9.47 Å². The standard InChI is InChI=1S/C12H11NO5/c1-3-4-5-18-12-7-10(13(15)16)9(8-14)6-11(12)17-2/h6-8H,5H2,1-2H3. The van der Waals surface area contributed by atoms with Crippen LogP contribution in [0.15, 0.2) is 12.1 Å². The van der Waals surface area contributed by atoms with E-state index in [4.69, 9.17) is 9.47 Å². The lowest BCUT2D eigenvalue weighted by Gasteiger charge is -2.09. The third-order valence-electron chi connectivity index (χ3n) is 2.11. The van der Waals surface area contributed by atoms with E-state index in [9.17, 15) is 14.9 Å². The van der Waals surface area contributed by atoms with E-state index in [0.717, 1.165) is 6.07 Å². The summed E-state index contributed by atoms with van der Waals surface area (Å²) in [6, 6.07) is 2.42. The van der Waals surface area contributed by atoms with Gasteiger partial charge in [-0.3, -0.25) is 14.9 Å². The molecule has 1 aromatic carbocycles. The van der Waals surface area contributed by atoms with E-state index in [2.05, 4.69) is 11.8 Å². The fourth-order valence-electron chi connectivity index (χ4n) is 1.28. The molecule has 1 rings (SSSR count). The van der Waals surface area contributed by atoms with Crippen molar-refractivity contribution in [2.75, 3.05) is 13.7 Å². The number of nitro groups is 1. The topological polar surface area (TPSA) is 78.7 Å². The van der Waals surface area contributed by atoms with E-state index in [0.29, 0.717) is 6.29 Å². The zero-order valence-electron chi connectivity index (χ0n) is 9.93. The van der Waals surface area contributed by atoms with Gasteiger partial charge in [-0.05, 0) is 6.92 Å². The summed E-state index contributed by atoms with van der Waals surface area (Å²) >= 11 is 0. The van der Waals surface area contributed by atoms with Crippen molar-refractivity contribution >= 4 is 12.0 Å². The van der Waals surface area contributed by atoms with Crippen LogP contribution >= 0.6 is 0 Å². The lowest BCUT2D eigenvalue weighted by molar-refractivity contribution is -0.385. The zero-order valence-corrected chi connectivity index (χ0v) is 9.93. The number of rotatable bonds is 5. The highest BCUT2D eigenvalue weighted by Gasteiger charge is 2.19. The molecule has 0 saturated heterocycles. The number of carbonyl (C=O) groups excluding carboxylic acids is 1. The molecule has 0 unspecified atom stereocenters. The molecule has 0 aromatic heterocycles. The highest BCUT2D eigenvalue weighted by Crippen LogP contribution is 2.33. The van der Waals surface area contributed by atoms with Crippen molar-refractivity contribution in [1.82, 2.24) is 0 Å². The first-order valence-electron chi connectivity index (χ1n) is 4.98. The predicted molar refractivity (Wildman–Crippen MR) is 64.0 cm³/mol. The van der Waals surface area contributed by atoms with Crippen molar-refractivity contribution in [3.8, 4) is 23.3 Å². The van der Waals surface area contributed by atoms with Gasteiger partial charge in [-0.2, -0.15) is 0 Å². The largest absolute Gasteiger partial charge is 0.493 e. The van der Waals surface area contributed by atoms with E-state index in [1.807, 2.05) is 0 Å². The van der Waals surface area contributed by atoms with Crippen molar-refractivity contribution in [3.63, 3.8) is 0 Å². The van der Waals surface area contributed by atoms with Crippen LogP contribution in [0, 0.1) is 22.0 Å². The molecular weight excluding hydrogens is 238 g/mol. The number of hydrogen-bond donors (Lipinski definition) is 0. The molecule has 0 fully saturated rings. The molecule has 6 heteroatoms. The minimum Gasteiger partial charge on any atom is -0.493 e. The van der Waals surface area contributed by atoms with Crippen LogP contribution < -0.4 is 9.47 Å². The number of carbonyl (C=O) groups is 1. The number of hydrogen-bond acceptors (Lipinski definition) is 5. The van der Waals surface area contributed by atoms with Crippen LogP contribution in [-0.2, 0) is 0 Å². The predicted octanol–water partition coefficient (Wildman–Crippen LogP) is 1.82. The highest BCUT2D eigenvalue weighted by atomic mass is 16.6. The summed E-state index contributed by atoms with van der Waals surface area (Å²) in [6.45, 7) is 1.74. The van der Waals surface area contributed by atoms with Crippen LogP contribution in [0.1, 0.15) is 17.3 Å². The van der Waals surface area contributed by atoms with Crippen LogP contribution in [0.3, 0.4) is 0 Å². The Balaban J connectivity index is 3.21. The number of benzene rings is 1. The molecule has 0 aliphatic carbocycles. The second kappa shape index (κ2) is 6.25. The van der Waals surface area contributed by atoms with Gasteiger partial charge in [-0.1, -0.05) is 5.92 Å². The molecule has 18 heavy (non-hydrogen) atoms. The first kappa shape index (κ1) is 13.5. The number of nitro benzene ring substituents is 1. The molecule has 0 amide bonds. The molecular formula is C12H11NO5. The van der Waals surface area contributed by atoms with Crippen molar-refractivity contribution in [2.24, 2.45) is 0 Å². The van der Waals surface area contributed by atoms with Gasteiger partial charge >= 0.3 is 0 Å². The minimum atomic E-state index is -0.651. The van der Waals surface area contributed by atoms with Crippen LogP contribution in [-0.4, -0.2) is 24.9 Å². The van der Waals surface area contributed by atoms with E-state index in [-0.39, 0.29) is 29.4 Å². The number of methoxy groups -OCH3 is 1. The minimum absolute atomic E-state index is 0.0641. The molecule has 0 atom stereocenters. The lowest BCUT2D eigenvalue weighted by Crippen LogP contribution is -2.01. The molecule has 0 heterocycles. The first-order valence-corrected chi connectivity index (χ1v) is 4.98. The number of aldehydes is 1. The average Bonchev–Trinajstić information content (AvgIpc) is 2.38. The summed E-state index contributed by atoms with van der Waals surface area (Å²) in [4.78, 5) is 20.9. The Morgan fingerprint density at radius 3 is 2.67 bits per heavy atom. The first-order chi connectivity index (χ1) is 8.63. The molecule has 0 radical (unpaired) electrons. The maximum Gasteiger partial charge on any atom is 0.283 e. The Morgan fingerprint density at radius 1 is 1.44 bits per heavy atom. The van der Waals surface area contributed by atoms with Crippen molar-refractivity contribution < 1.29 is 19.2 Å². The van der Waals surface area contributed by atoms with Gasteiger partial charge in [0.05, 0.1) is 23.7 Å². The quantitative estimate of drug-likeness (QED) is 0.344. The molecule has 6 nitrogen and oxygen atoms in total. The lowest BCUT2D eigenvalue weighted by atomic mass is 10.1. The molecule has 0 N–H and O–H groups in total. The van der Waals surface area contributed by atoms with Crippen molar-refractivity contribution in [3.05, 3.63) is 27.8 Å². The van der Waals surface area contributed by atoms with E-state index < -0.39 is 4.92 Å². The van der Waals surface area contributed by atoms with Crippen molar-refractivity contribution in [1.29, 1.82) is 0 Å². The number of nitrogens with zero attached hydrogens (tertiary/aromatic N) is 1. The summed E-state index contributed by atoms with van der Waals surface area (Å²) in [5.41, 5.74) is -0.393. The molecule has 0 aliphatic rings. The summed E-state index contributed by atoms with van der Waals surface area (Å²) in [6.07, 6.45) is 0.399. The Kier molecular flexibility index (Phi) is 4.69. The molecule has 94 valence electrons. The maximum atomic E-state index is 10.8. The third-order valence-corrected chi connectivity index (χ3v) is 2.11. The van der Waals surface area contributed by atoms with Crippen LogP contribution in [0.5, 0.6) is 11.5 Å². The number of ether oxygens (including phenoxy) is 2. The molecule has 1 aromatic rings. The maximum absolute atomic E-state index is 10.8. The zero-order chi connectivity index (χ0) is 13.5. The Bertz CT molecular complexity index is 527. The van der Waals surface area contributed by atoms with Gasteiger partial charge in [0.1, 0.15) is 6.61 Å². The van der Waals surface area contributed by atoms with Gasteiger partial charge in [-0.25, -0.2) is 0 Å². The Hall–Kier alpha value is -2.55. The normalized spacial score (nSPS) is 9.00. The van der Waals surface area contributed by atoms with Gasteiger partial charge in [0.15, 0.2) is 17.8 Å². The average molecular weight is 249 g/mol. The second-order valence-corrected chi connectivity index (χ2v) is 3.15. The van der Waals surface area contributed by atoms with Crippen LogP contribution in [0.2, 0.25) is 0 Å². The Labute approximate surface area is 104 Å². The summed E-state index contributed by atoms with van der Waals surface area (Å²) in [5.74, 6) is 5.72. The smallest absolute Gasteiger partial charge is 0.283 e. The van der Waals surface area contributed by atoms with Gasteiger partial charge in [-0.15, -0.1) is 5.92 Å². The van der Waals surface area contributed by atoms with Gasteiger partial charge in [0.2, 0.25) is 0 Å². The molecule has 0 bridgehead atoms. The van der Waals surface area contributed by atoms with E-state index >= 15 is 0 Å². The second-order valence-electron chi connectivity index (χ2n) is 3.15. The van der Waals surface area contributed by atoms with Gasteiger partial charge in [0.25, 0.3) is 5.69 Å². The molecule has 0 spiro atoms. The molecule has 0 saturated carbocycles.